The molecule has 0 radical (unpaired) electrons. The van der Waals surface area contributed by atoms with Crippen LogP contribution >= 0.6 is 12.2 Å². The van der Waals surface area contributed by atoms with E-state index in [0.717, 1.165) is 11.1 Å². The summed E-state index contributed by atoms with van der Waals surface area (Å²) in [5.74, 6) is 0.130. The lowest BCUT2D eigenvalue weighted by atomic mass is 10.2. The van der Waals surface area contributed by atoms with Crippen molar-refractivity contribution < 1.29 is 9.21 Å². The Hall–Kier alpha value is -2.14. The number of rotatable bonds is 3. The van der Waals surface area contributed by atoms with Gasteiger partial charge in [0.2, 0.25) is 0 Å². The van der Waals surface area contributed by atoms with Gasteiger partial charge in [-0.05, 0) is 25.1 Å². The summed E-state index contributed by atoms with van der Waals surface area (Å²) in [5, 5.41) is 0. The Bertz CT molecular complexity index is 634. The van der Waals surface area contributed by atoms with Crippen molar-refractivity contribution in [3.8, 4) is 0 Å². The van der Waals surface area contributed by atoms with Gasteiger partial charge >= 0.3 is 0 Å². The monoisotopic (exact) mass is 274 g/mol. The average molecular weight is 274 g/mol. The van der Waals surface area contributed by atoms with Gasteiger partial charge in [-0.15, -0.1) is 0 Å². The fourth-order valence-corrected chi connectivity index (χ4v) is 1.86. The summed E-state index contributed by atoms with van der Waals surface area (Å²) in [6.07, 6.45) is 1.50. The molecule has 0 aliphatic heterocycles. The molecule has 0 atom stereocenters. The number of nitrogens with zero attached hydrogens (tertiary/aromatic N) is 1. The summed E-state index contributed by atoms with van der Waals surface area (Å²) in [5.41, 5.74) is 7.83. The van der Waals surface area contributed by atoms with Crippen LogP contribution in [0.25, 0.3) is 0 Å². The van der Waals surface area contributed by atoms with E-state index < -0.39 is 0 Å². The second-order valence-corrected chi connectivity index (χ2v) is 4.65. The van der Waals surface area contributed by atoms with Crippen LogP contribution < -0.4 is 10.6 Å². The predicted octanol–water partition coefficient (Wildman–Crippen LogP) is 2.50. The van der Waals surface area contributed by atoms with Gasteiger partial charge in [0.15, 0.2) is 5.76 Å². The molecule has 98 valence electrons. The van der Waals surface area contributed by atoms with Gasteiger partial charge in [-0.25, -0.2) is 0 Å². The number of carbonyl (C=O) groups is 1. The molecule has 0 aliphatic rings. The Balaban J connectivity index is 2.32. The molecule has 0 unspecified atom stereocenters. The minimum absolute atomic E-state index is 0.206. The topological polar surface area (TPSA) is 59.5 Å². The van der Waals surface area contributed by atoms with E-state index in [1.54, 1.807) is 19.2 Å². The minimum atomic E-state index is -0.206. The van der Waals surface area contributed by atoms with Crippen molar-refractivity contribution in [2.45, 2.75) is 6.92 Å². The van der Waals surface area contributed by atoms with E-state index in [1.807, 2.05) is 25.1 Å². The van der Waals surface area contributed by atoms with E-state index in [1.165, 1.54) is 11.2 Å². The quantitative estimate of drug-likeness (QED) is 0.874. The largest absolute Gasteiger partial charge is 0.459 e. The number of carbonyl (C=O) groups excluding carboxylic acids is 1. The fourth-order valence-electron chi connectivity index (χ4n) is 1.73. The smallest absolute Gasteiger partial charge is 0.293 e. The van der Waals surface area contributed by atoms with Crippen molar-refractivity contribution in [2.75, 3.05) is 11.9 Å². The van der Waals surface area contributed by atoms with Crippen LogP contribution in [0.1, 0.15) is 21.7 Å². The van der Waals surface area contributed by atoms with Gasteiger partial charge < -0.3 is 15.1 Å². The second kappa shape index (κ2) is 5.24. The SMILES string of the molecule is Cc1ccoc1C(=O)N(C)c1cccc(C(N)=S)c1. The van der Waals surface area contributed by atoms with Crippen molar-refractivity contribution in [1.29, 1.82) is 0 Å². The molecular formula is C14H14N2O2S. The Morgan fingerprint density at radius 2 is 2.11 bits per heavy atom. The van der Waals surface area contributed by atoms with E-state index in [9.17, 15) is 4.79 Å². The zero-order valence-corrected chi connectivity index (χ0v) is 11.5. The number of nitrogens with two attached hydrogens (primary N) is 1. The molecule has 2 rings (SSSR count). The number of furan rings is 1. The number of thiocarbonyl (C=S) groups is 1. The van der Waals surface area contributed by atoms with Crippen LogP contribution in [0.3, 0.4) is 0 Å². The molecule has 1 heterocycles. The first-order valence-corrected chi connectivity index (χ1v) is 6.13. The lowest BCUT2D eigenvalue weighted by Crippen LogP contribution is -2.26. The van der Waals surface area contributed by atoms with Crippen LogP contribution in [-0.2, 0) is 0 Å². The number of hydrogen-bond donors (Lipinski definition) is 1. The highest BCUT2D eigenvalue weighted by Gasteiger charge is 2.18. The summed E-state index contributed by atoms with van der Waals surface area (Å²) in [4.78, 5) is 14.1. The molecule has 0 aliphatic carbocycles. The van der Waals surface area contributed by atoms with E-state index in [-0.39, 0.29) is 5.91 Å². The number of hydrogen-bond acceptors (Lipinski definition) is 3. The lowest BCUT2D eigenvalue weighted by molar-refractivity contribution is 0.0965. The van der Waals surface area contributed by atoms with Crippen LogP contribution in [0.4, 0.5) is 5.69 Å². The summed E-state index contributed by atoms with van der Waals surface area (Å²) in [7, 11) is 1.68. The van der Waals surface area contributed by atoms with Gasteiger partial charge in [-0.2, -0.15) is 0 Å². The summed E-state index contributed by atoms with van der Waals surface area (Å²) in [6, 6.07) is 8.97. The second-order valence-electron chi connectivity index (χ2n) is 4.21. The highest BCUT2D eigenvalue weighted by molar-refractivity contribution is 7.80. The Morgan fingerprint density at radius 3 is 2.68 bits per heavy atom. The Labute approximate surface area is 116 Å². The summed E-state index contributed by atoms with van der Waals surface area (Å²) >= 11 is 4.93. The Morgan fingerprint density at radius 1 is 1.37 bits per heavy atom. The molecule has 1 amide bonds. The van der Waals surface area contributed by atoms with Crippen LogP contribution in [-0.4, -0.2) is 17.9 Å². The molecule has 2 aromatic rings. The predicted molar refractivity (Wildman–Crippen MR) is 78.5 cm³/mol. The maximum Gasteiger partial charge on any atom is 0.293 e. The highest BCUT2D eigenvalue weighted by Crippen LogP contribution is 2.19. The minimum Gasteiger partial charge on any atom is -0.459 e. The maximum absolute atomic E-state index is 12.3. The molecule has 0 spiro atoms. The van der Waals surface area contributed by atoms with Crippen LogP contribution in [0.2, 0.25) is 0 Å². The van der Waals surface area contributed by atoms with Crippen molar-refractivity contribution in [1.82, 2.24) is 0 Å². The van der Waals surface area contributed by atoms with Gasteiger partial charge in [-0.3, -0.25) is 4.79 Å². The van der Waals surface area contributed by atoms with E-state index in [0.29, 0.717) is 16.4 Å². The third kappa shape index (κ3) is 2.66. The standard InChI is InChI=1S/C14H14N2O2S/c1-9-6-7-18-12(9)14(17)16(2)11-5-3-4-10(8-11)13(15)19/h3-8H,1-2H3,(H2,15,19). The van der Waals surface area contributed by atoms with Gasteiger partial charge in [0, 0.05) is 23.9 Å². The van der Waals surface area contributed by atoms with Gasteiger partial charge in [0.1, 0.15) is 4.99 Å². The van der Waals surface area contributed by atoms with Crippen molar-refractivity contribution in [2.24, 2.45) is 5.73 Å². The van der Waals surface area contributed by atoms with Crippen LogP contribution in [0.5, 0.6) is 0 Å². The van der Waals surface area contributed by atoms with Gasteiger partial charge in [-0.1, -0.05) is 24.4 Å². The van der Waals surface area contributed by atoms with Crippen molar-refractivity contribution in [3.05, 3.63) is 53.5 Å². The average Bonchev–Trinajstić information content (AvgIpc) is 2.83. The van der Waals surface area contributed by atoms with E-state index >= 15 is 0 Å². The first-order chi connectivity index (χ1) is 9.00. The van der Waals surface area contributed by atoms with E-state index in [4.69, 9.17) is 22.4 Å². The maximum atomic E-state index is 12.3. The summed E-state index contributed by atoms with van der Waals surface area (Å²) in [6.45, 7) is 1.83. The molecule has 1 aromatic carbocycles. The highest BCUT2D eigenvalue weighted by atomic mass is 32.1. The molecule has 0 saturated carbocycles. The number of amides is 1. The molecule has 19 heavy (non-hydrogen) atoms. The molecule has 0 fully saturated rings. The molecule has 1 aromatic heterocycles. The third-order valence-corrected chi connectivity index (χ3v) is 3.11. The van der Waals surface area contributed by atoms with Gasteiger partial charge in [0.25, 0.3) is 5.91 Å². The molecule has 4 nitrogen and oxygen atoms in total. The molecular weight excluding hydrogens is 260 g/mol. The third-order valence-electron chi connectivity index (χ3n) is 2.88. The lowest BCUT2D eigenvalue weighted by Gasteiger charge is -2.17. The van der Waals surface area contributed by atoms with Gasteiger partial charge in [0.05, 0.1) is 6.26 Å². The first kappa shape index (κ1) is 13.3. The normalized spacial score (nSPS) is 10.2. The molecule has 5 heteroatoms. The molecule has 0 saturated heterocycles. The number of anilines is 1. The van der Waals surface area contributed by atoms with E-state index in [2.05, 4.69) is 0 Å². The zero-order chi connectivity index (χ0) is 14.0. The molecule has 0 bridgehead atoms. The zero-order valence-electron chi connectivity index (χ0n) is 10.7. The number of benzene rings is 1. The van der Waals surface area contributed by atoms with Crippen molar-refractivity contribution >= 4 is 28.8 Å². The molecule has 2 N–H and O–H groups in total. The van der Waals surface area contributed by atoms with Crippen molar-refractivity contribution in [3.63, 3.8) is 0 Å². The van der Waals surface area contributed by atoms with Crippen LogP contribution in [0, 0.1) is 6.92 Å². The Kier molecular flexibility index (Phi) is 3.66. The number of aryl methyl sites for hydroxylation is 1. The fraction of sp³-hybridized carbons (Fsp3) is 0.143. The first-order valence-electron chi connectivity index (χ1n) is 5.72. The van der Waals surface area contributed by atoms with Crippen LogP contribution in [0.15, 0.2) is 41.0 Å². The summed E-state index contributed by atoms with van der Waals surface area (Å²) < 4.78 is 5.20.